The number of nitrogens with zero attached hydrogens (tertiary/aromatic N) is 2. The number of likely N-dealkylation sites (tertiary alicyclic amines) is 1. The summed E-state index contributed by atoms with van der Waals surface area (Å²) in [4.78, 5) is 19.1. The van der Waals surface area contributed by atoms with Crippen molar-refractivity contribution < 1.29 is 9.53 Å². The van der Waals surface area contributed by atoms with Gasteiger partial charge in [0.05, 0.1) is 17.3 Å². The Hall–Kier alpha value is -0.440. The Balaban J connectivity index is 0.00000288. The summed E-state index contributed by atoms with van der Waals surface area (Å²) in [6.07, 6.45) is 1.87. The van der Waals surface area contributed by atoms with Gasteiger partial charge in [-0.2, -0.15) is 0 Å². The Morgan fingerprint density at radius 1 is 1.32 bits per heavy atom. The van der Waals surface area contributed by atoms with E-state index in [-0.39, 0.29) is 36.6 Å². The average Bonchev–Trinajstić information content (AvgIpc) is 2.96. The van der Waals surface area contributed by atoms with E-state index in [1.807, 2.05) is 6.92 Å². The number of nitrogens with one attached hydrogen (secondary N) is 2. The molecule has 0 unspecified atom stereocenters. The highest BCUT2D eigenvalue weighted by Crippen LogP contribution is 2.19. The number of rotatable bonds is 9. The Kier molecular flexibility index (Phi) is 13.5. The van der Waals surface area contributed by atoms with Gasteiger partial charge < -0.3 is 15.4 Å². The molecule has 0 spiro atoms. The normalized spacial score (nSPS) is 15.3. The molecule has 1 aliphatic rings. The van der Waals surface area contributed by atoms with Crippen LogP contribution in [0.15, 0.2) is 5.38 Å². The van der Waals surface area contributed by atoms with Gasteiger partial charge in [-0.15, -0.1) is 36.2 Å². The number of hydrogen-bond acceptors (Lipinski definition) is 6. The number of halogens is 2. The zero-order chi connectivity index (χ0) is 16.5. The summed E-state index contributed by atoms with van der Waals surface area (Å²) in [5.41, 5.74) is 1.15. The minimum Gasteiger partial charge on any atom is -0.383 e. The molecule has 0 aliphatic carbocycles. The number of aromatic nitrogens is 1. The maximum atomic E-state index is 12.2. The summed E-state index contributed by atoms with van der Waals surface area (Å²) in [6, 6.07) is 0. The lowest BCUT2D eigenvalue weighted by Gasteiger charge is -2.30. The first-order valence-corrected chi connectivity index (χ1v) is 9.17. The van der Waals surface area contributed by atoms with Crippen molar-refractivity contribution >= 4 is 42.1 Å². The molecule has 2 rings (SSSR count). The fourth-order valence-electron chi connectivity index (χ4n) is 2.78. The first-order chi connectivity index (χ1) is 11.2. The summed E-state index contributed by atoms with van der Waals surface area (Å²) in [5, 5.41) is 9.50. The quantitative estimate of drug-likeness (QED) is 0.605. The van der Waals surface area contributed by atoms with Gasteiger partial charge in [0.25, 0.3) is 0 Å². The van der Waals surface area contributed by atoms with E-state index in [0.29, 0.717) is 13.2 Å². The van der Waals surface area contributed by atoms with Crippen molar-refractivity contribution in [1.29, 1.82) is 0 Å². The molecule has 1 aliphatic heterocycles. The predicted octanol–water partition coefficient (Wildman–Crippen LogP) is 1.86. The number of carbonyl (C=O) groups excluding carboxylic acids is 1. The monoisotopic (exact) mass is 412 g/mol. The number of piperidine rings is 1. The van der Waals surface area contributed by atoms with Gasteiger partial charge in [0.2, 0.25) is 5.91 Å². The van der Waals surface area contributed by atoms with Crippen LogP contribution in [0, 0.1) is 12.8 Å². The number of amides is 1. The molecule has 146 valence electrons. The van der Waals surface area contributed by atoms with Gasteiger partial charge in [0.1, 0.15) is 0 Å². The molecular weight excluding hydrogens is 383 g/mol. The zero-order valence-corrected chi connectivity index (χ0v) is 17.4. The summed E-state index contributed by atoms with van der Waals surface area (Å²) in [6.45, 7) is 7.88. The van der Waals surface area contributed by atoms with Crippen LogP contribution >= 0.6 is 36.2 Å². The van der Waals surface area contributed by atoms with Gasteiger partial charge in [0, 0.05) is 44.6 Å². The second-order valence-electron chi connectivity index (χ2n) is 5.94. The van der Waals surface area contributed by atoms with E-state index in [1.165, 1.54) is 0 Å². The Labute approximate surface area is 166 Å². The van der Waals surface area contributed by atoms with Crippen LogP contribution in [0.1, 0.15) is 23.5 Å². The standard InChI is InChI=1S/C16H28N4O2S.2ClH/c1-13-19-15(12-23-13)11-20-8-3-14(4-9-20)16(21)18-6-5-17-7-10-22-2;;/h12,14,17H,3-11H2,1-2H3,(H,18,21);2*1H. The van der Waals surface area contributed by atoms with Crippen molar-refractivity contribution in [2.75, 3.05) is 46.4 Å². The summed E-state index contributed by atoms with van der Waals surface area (Å²) >= 11 is 1.70. The number of methoxy groups -OCH3 is 1. The van der Waals surface area contributed by atoms with Crippen LogP contribution in [0.5, 0.6) is 0 Å². The van der Waals surface area contributed by atoms with Crippen molar-refractivity contribution in [3.63, 3.8) is 0 Å². The van der Waals surface area contributed by atoms with Crippen LogP contribution in [-0.4, -0.2) is 62.2 Å². The fraction of sp³-hybridized carbons (Fsp3) is 0.750. The summed E-state index contributed by atoms with van der Waals surface area (Å²) in [7, 11) is 1.69. The molecule has 0 bridgehead atoms. The fourth-order valence-corrected chi connectivity index (χ4v) is 3.38. The molecule has 2 N–H and O–H groups in total. The molecule has 0 aromatic carbocycles. The number of ether oxygens (including phenoxy) is 1. The first kappa shape index (κ1) is 24.6. The van der Waals surface area contributed by atoms with Gasteiger partial charge in [-0.25, -0.2) is 4.98 Å². The van der Waals surface area contributed by atoms with Crippen molar-refractivity contribution in [3.05, 3.63) is 16.1 Å². The molecule has 2 heterocycles. The third-order valence-corrected chi connectivity index (χ3v) is 4.92. The smallest absolute Gasteiger partial charge is 0.223 e. The van der Waals surface area contributed by atoms with Crippen LogP contribution in [0.3, 0.4) is 0 Å². The molecule has 1 saturated heterocycles. The second kappa shape index (κ2) is 13.7. The molecule has 25 heavy (non-hydrogen) atoms. The summed E-state index contributed by atoms with van der Waals surface area (Å²) < 4.78 is 4.96. The van der Waals surface area contributed by atoms with E-state index >= 15 is 0 Å². The number of thiazole rings is 1. The van der Waals surface area contributed by atoms with Crippen molar-refractivity contribution in [2.45, 2.75) is 26.3 Å². The molecular formula is C16H30Cl2N4O2S. The molecule has 1 fully saturated rings. The lowest BCUT2D eigenvalue weighted by Crippen LogP contribution is -2.42. The van der Waals surface area contributed by atoms with Crippen LogP contribution in [0.4, 0.5) is 0 Å². The van der Waals surface area contributed by atoms with Gasteiger partial charge in [0.15, 0.2) is 0 Å². The molecule has 0 atom stereocenters. The highest BCUT2D eigenvalue weighted by molar-refractivity contribution is 7.09. The third-order valence-electron chi connectivity index (χ3n) is 4.09. The molecule has 6 nitrogen and oxygen atoms in total. The first-order valence-electron chi connectivity index (χ1n) is 8.29. The zero-order valence-electron chi connectivity index (χ0n) is 15.0. The van der Waals surface area contributed by atoms with E-state index in [4.69, 9.17) is 4.74 Å². The Bertz CT molecular complexity index is 482. The van der Waals surface area contributed by atoms with Gasteiger partial charge in [-0.05, 0) is 32.9 Å². The van der Waals surface area contributed by atoms with E-state index in [9.17, 15) is 4.79 Å². The van der Waals surface area contributed by atoms with Crippen LogP contribution in [0.2, 0.25) is 0 Å². The van der Waals surface area contributed by atoms with Crippen LogP contribution in [-0.2, 0) is 16.1 Å². The lowest BCUT2D eigenvalue weighted by molar-refractivity contribution is -0.126. The highest BCUT2D eigenvalue weighted by atomic mass is 35.5. The Morgan fingerprint density at radius 3 is 2.64 bits per heavy atom. The maximum Gasteiger partial charge on any atom is 0.223 e. The van der Waals surface area contributed by atoms with Crippen molar-refractivity contribution in [2.24, 2.45) is 5.92 Å². The Morgan fingerprint density at radius 2 is 2.04 bits per heavy atom. The molecule has 9 heteroatoms. The van der Waals surface area contributed by atoms with Crippen LogP contribution in [0.25, 0.3) is 0 Å². The topological polar surface area (TPSA) is 66.5 Å². The molecule has 1 amide bonds. The largest absolute Gasteiger partial charge is 0.383 e. The minimum atomic E-state index is 0. The summed E-state index contributed by atoms with van der Waals surface area (Å²) in [5.74, 6) is 0.352. The maximum absolute atomic E-state index is 12.2. The van der Waals surface area contributed by atoms with Crippen LogP contribution < -0.4 is 10.6 Å². The molecule has 1 aromatic rings. The number of hydrogen-bond donors (Lipinski definition) is 2. The SMILES string of the molecule is COCCNCCNC(=O)C1CCN(Cc2csc(C)n2)CC1.Cl.Cl. The van der Waals surface area contributed by atoms with E-state index in [2.05, 4.69) is 25.9 Å². The van der Waals surface area contributed by atoms with Gasteiger partial charge >= 0.3 is 0 Å². The van der Waals surface area contributed by atoms with Gasteiger partial charge in [-0.1, -0.05) is 0 Å². The molecule has 0 saturated carbocycles. The van der Waals surface area contributed by atoms with Gasteiger partial charge in [-0.3, -0.25) is 9.69 Å². The number of carbonyl (C=O) groups is 1. The third kappa shape index (κ3) is 9.17. The number of aryl methyl sites for hydroxylation is 1. The van der Waals surface area contributed by atoms with E-state index in [0.717, 1.165) is 56.3 Å². The van der Waals surface area contributed by atoms with E-state index in [1.54, 1.807) is 18.4 Å². The molecule has 0 radical (unpaired) electrons. The van der Waals surface area contributed by atoms with Crippen molar-refractivity contribution in [3.8, 4) is 0 Å². The van der Waals surface area contributed by atoms with Crippen molar-refractivity contribution in [1.82, 2.24) is 20.5 Å². The second-order valence-corrected chi connectivity index (χ2v) is 7.00. The minimum absolute atomic E-state index is 0. The highest BCUT2D eigenvalue weighted by Gasteiger charge is 2.24. The average molecular weight is 413 g/mol. The molecule has 1 aromatic heterocycles. The predicted molar refractivity (Wildman–Crippen MR) is 107 cm³/mol. The van der Waals surface area contributed by atoms with E-state index < -0.39 is 0 Å². The lowest BCUT2D eigenvalue weighted by atomic mass is 9.96.